The molecule has 1 aliphatic heterocycles. The molecular weight excluding hydrogens is 266 g/mol. The topological polar surface area (TPSA) is 29.9 Å². The molecule has 1 fully saturated rings. The molecule has 0 saturated carbocycles. The highest BCUT2D eigenvalue weighted by molar-refractivity contribution is 7.99. The zero-order valence-corrected chi connectivity index (χ0v) is 13.0. The number of para-hydroxylation sites is 2. The van der Waals surface area contributed by atoms with E-state index in [0.717, 1.165) is 24.5 Å². The Morgan fingerprint density at radius 2 is 2.30 bits per heavy atom. The Hall–Kier alpha value is -1.00. The van der Waals surface area contributed by atoms with Gasteiger partial charge in [0.1, 0.15) is 5.82 Å². The zero-order valence-electron chi connectivity index (χ0n) is 12.1. The minimum absolute atomic E-state index is 0.731. The lowest BCUT2D eigenvalue weighted by atomic mass is 10.2. The van der Waals surface area contributed by atoms with Gasteiger partial charge in [-0.1, -0.05) is 12.1 Å². The third-order valence-electron chi connectivity index (χ3n) is 4.05. The summed E-state index contributed by atoms with van der Waals surface area (Å²) in [5.74, 6) is 3.83. The molecule has 1 aromatic carbocycles. The minimum Gasteiger partial charge on any atom is -0.331 e. The van der Waals surface area contributed by atoms with Gasteiger partial charge in [0.2, 0.25) is 0 Å². The van der Waals surface area contributed by atoms with Gasteiger partial charge in [-0.25, -0.2) is 4.98 Å². The van der Waals surface area contributed by atoms with E-state index in [1.54, 1.807) is 0 Å². The number of fused-ring (bicyclic) bond motifs is 1. The van der Waals surface area contributed by atoms with Crippen molar-refractivity contribution in [3.8, 4) is 0 Å². The predicted octanol–water partition coefficient (Wildman–Crippen LogP) is 2.99. The fraction of sp³-hybridized carbons (Fsp3) is 0.562. The van der Waals surface area contributed by atoms with E-state index in [1.807, 2.05) is 0 Å². The second-order valence-electron chi connectivity index (χ2n) is 5.55. The smallest absolute Gasteiger partial charge is 0.109 e. The molecule has 0 amide bonds. The Balaban J connectivity index is 1.51. The minimum atomic E-state index is 0.731. The van der Waals surface area contributed by atoms with E-state index in [1.165, 1.54) is 42.1 Å². The molecule has 1 atom stereocenters. The Bertz CT molecular complexity index is 558. The lowest BCUT2D eigenvalue weighted by molar-refractivity contribution is 0.498. The average Bonchev–Trinajstić information content (AvgIpc) is 2.82. The highest BCUT2D eigenvalue weighted by Crippen LogP contribution is 2.17. The maximum Gasteiger partial charge on any atom is 0.109 e. The van der Waals surface area contributed by atoms with Gasteiger partial charge in [0.25, 0.3) is 0 Å². The maximum absolute atomic E-state index is 4.73. The quantitative estimate of drug-likeness (QED) is 0.858. The molecule has 1 aliphatic rings. The van der Waals surface area contributed by atoms with Gasteiger partial charge in [0.05, 0.1) is 11.0 Å². The fourth-order valence-electron chi connectivity index (χ4n) is 2.87. The van der Waals surface area contributed by atoms with Crippen LogP contribution in [0.4, 0.5) is 0 Å². The zero-order chi connectivity index (χ0) is 13.8. The summed E-state index contributed by atoms with van der Waals surface area (Å²) in [4.78, 5) is 4.73. The van der Waals surface area contributed by atoms with Crippen LogP contribution in [-0.4, -0.2) is 33.6 Å². The summed E-state index contributed by atoms with van der Waals surface area (Å²) in [5, 5.41) is 3.69. The van der Waals surface area contributed by atoms with E-state index >= 15 is 0 Å². The fourth-order valence-corrected chi connectivity index (χ4v) is 3.98. The van der Waals surface area contributed by atoms with E-state index in [9.17, 15) is 0 Å². The normalized spacial score (nSPS) is 19.6. The number of hydrogen-bond acceptors (Lipinski definition) is 3. The van der Waals surface area contributed by atoms with Crippen molar-refractivity contribution in [2.75, 3.05) is 18.1 Å². The first kappa shape index (κ1) is 14.0. The number of rotatable bonds is 5. The molecular formula is C16H23N3S. The molecule has 1 aromatic heterocycles. The van der Waals surface area contributed by atoms with Crippen molar-refractivity contribution in [3.63, 3.8) is 0 Å². The largest absolute Gasteiger partial charge is 0.331 e. The highest BCUT2D eigenvalue weighted by Gasteiger charge is 2.12. The third kappa shape index (κ3) is 3.18. The van der Waals surface area contributed by atoms with Crippen molar-refractivity contribution in [1.82, 2.24) is 14.9 Å². The number of imidazole rings is 1. The van der Waals surface area contributed by atoms with Crippen molar-refractivity contribution < 1.29 is 0 Å². The van der Waals surface area contributed by atoms with Crippen LogP contribution < -0.4 is 5.32 Å². The molecule has 0 unspecified atom stereocenters. The van der Waals surface area contributed by atoms with E-state index in [4.69, 9.17) is 4.98 Å². The Morgan fingerprint density at radius 1 is 1.40 bits per heavy atom. The van der Waals surface area contributed by atoms with Crippen LogP contribution >= 0.6 is 11.8 Å². The second-order valence-corrected chi connectivity index (χ2v) is 6.70. The summed E-state index contributed by atoms with van der Waals surface area (Å²) in [6, 6.07) is 9.10. The first-order chi connectivity index (χ1) is 9.84. The first-order valence-electron chi connectivity index (χ1n) is 7.56. The van der Waals surface area contributed by atoms with Gasteiger partial charge >= 0.3 is 0 Å². The molecule has 0 spiro atoms. The molecule has 0 aliphatic carbocycles. The molecule has 2 heterocycles. The van der Waals surface area contributed by atoms with Gasteiger partial charge in [-0.05, 0) is 43.7 Å². The molecule has 0 radical (unpaired) electrons. The molecule has 2 aromatic rings. The van der Waals surface area contributed by atoms with Gasteiger partial charge in [0.15, 0.2) is 0 Å². The lowest BCUT2D eigenvalue weighted by Crippen LogP contribution is -2.34. The number of benzene rings is 1. The SMILES string of the molecule is Cn1c(CCCN[C@@H]2CCCSC2)nc2ccccc21. The standard InChI is InChI=1S/C16H23N3S/c1-19-15-8-3-2-7-14(15)18-16(19)9-4-10-17-13-6-5-11-20-12-13/h2-3,7-8,13,17H,4-6,9-12H2,1H3/t13-/m1/s1. The van der Waals surface area contributed by atoms with Gasteiger partial charge in [-0.15, -0.1) is 0 Å². The van der Waals surface area contributed by atoms with E-state index in [2.05, 4.69) is 53.0 Å². The number of nitrogens with one attached hydrogen (secondary N) is 1. The third-order valence-corrected chi connectivity index (χ3v) is 5.27. The van der Waals surface area contributed by atoms with Crippen molar-refractivity contribution >= 4 is 22.8 Å². The van der Waals surface area contributed by atoms with Crippen LogP contribution in [0.15, 0.2) is 24.3 Å². The predicted molar refractivity (Wildman–Crippen MR) is 87.4 cm³/mol. The molecule has 3 rings (SSSR count). The molecule has 1 N–H and O–H groups in total. The Labute approximate surface area is 125 Å². The van der Waals surface area contributed by atoms with Gasteiger partial charge in [0, 0.05) is 25.3 Å². The molecule has 3 nitrogen and oxygen atoms in total. The molecule has 1 saturated heterocycles. The van der Waals surface area contributed by atoms with Crippen LogP contribution in [0.5, 0.6) is 0 Å². The maximum atomic E-state index is 4.73. The average molecular weight is 289 g/mol. The van der Waals surface area contributed by atoms with Crippen LogP contribution in [0.2, 0.25) is 0 Å². The van der Waals surface area contributed by atoms with Gasteiger partial charge in [-0.3, -0.25) is 0 Å². The van der Waals surface area contributed by atoms with Crippen molar-refractivity contribution in [2.24, 2.45) is 7.05 Å². The van der Waals surface area contributed by atoms with Crippen LogP contribution in [0.1, 0.15) is 25.1 Å². The summed E-state index contributed by atoms with van der Waals surface area (Å²) in [7, 11) is 2.12. The summed E-state index contributed by atoms with van der Waals surface area (Å²) >= 11 is 2.08. The number of aryl methyl sites for hydroxylation is 2. The number of thioether (sulfide) groups is 1. The Kier molecular flexibility index (Phi) is 4.63. The molecule has 4 heteroatoms. The van der Waals surface area contributed by atoms with Crippen molar-refractivity contribution in [1.29, 1.82) is 0 Å². The molecule has 0 bridgehead atoms. The van der Waals surface area contributed by atoms with Gasteiger partial charge < -0.3 is 9.88 Å². The number of hydrogen-bond donors (Lipinski definition) is 1. The molecule has 108 valence electrons. The van der Waals surface area contributed by atoms with Crippen molar-refractivity contribution in [3.05, 3.63) is 30.1 Å². The number of nitrogens with zero attached hydrogens (tertiary/aromatic N) is 2. The van der Waals surface area contributed by atoms with Gasteiger partial charge in [-0.2, -0.15) is 11.8 Å². The van der Waals surface area contributed by atoms with Crippen LogP contribution in [0.3, 0.4) is 0 Å². The summed E-state index contributed by atoms with van der Waals surface area (Å²) in [5.41, 5.74) is 2.35. The Morgan fingerprint density at radius 3 is 3.10 bits per heavy atom. The summed E-state index contributed by atoms with van der Waals surface area (Å²) in [6.45, 7) is 1.11. The first-order valence-corrected chi connectivity index (χ1v) is 8.71. The lowest BCUT2D eigenvalue weighted by Gasteiger charge is -2.22. The number of aromatic nitrogens is 2. The highest BCUT2D eigenvalue weighted by atomic mass is 32.2. The summed E-state index contributed by atoms with van der Waals surface area (Å²) < 4.78 is 2.23. The van der Waals surface area contributed by atoms with Crippen LogP contribution in [0, 0.1) is 0 Å². The summed E-state index contributed by atoms with van der Waals surface area (Å²) in [6.07, 6.45) is 4.93. The van der Waals surface area contributed by atoms with E-state index < -0.39 is 0 Å². The van der Waals surface area contributed by atoms with Crippen molar-refractivity contribution in [2.45, 2.75) is 31.7 Å². The van der Waals surface area contributed by atoms with Crippen LogP contribution in [-0.2, 0) is 13.5 Å². The second kappa shape index (κ2) is 6.64. The monoisotopic (exact) mass is 289 g/mol. The van der Waals surface area contributed by atoms with E-state index in [-0.39, 0.29) is 0 Å². The van der Waals surface area contributed by atoms with Crippen LogP contribution in [0.25, 0.3) is 11.0 Å². The molecule has 20 heavy (non-hydrogen) atoms. The van der Waals surface area contributed by atoms with E-state index in [0.29, 0.717) is 0 Å².